The fourth-order valence-electron chi connectivity index (χ4n) is 2.89. The Bertz CT molecular complexity index is 487. The zero-order chi connectivity index (χ0) is 15.2. The molecule has 2 atom stereocenters. The Morgan fingerprint density at radius 1 is 1.38 bits per heavy atom. The molecule has 0 aromatic heterocycles. The van der Waals surface area contributed by atoms with Gasteiger partial charge in [-0.3, -0.25) is 4.79 Å². The molecule has 0 heterocycles. The van der Waals surface area contributed by atoms with Gasteiger partial charge in [0.2, 0.25) is 5.91 Å². The number of hydrogen-bond acceptors (Lipinski definition) is 3. The Morgan fingerprint density at radius 3 is 2.86 bits per heavy atom. The van der Waals surface area contributed by atoms with E-state index in [1.54, 1.807) is 7.11 Å². The van der Waals surface area contributed by atoms with E-state index in [-0.39, 0.29) is 17.9 Å². The smallest absolute Gasteiger partial charge is 0.224 e. The van der Waals surface area contributed by atoms with Gasteiger partial charge in [0.15, 0.2) is 0 Å². The highest BCUT2D eigenvalue weighted by Gasteiger charge is 2.23. The van der Waals surface area contributed by atoms with Crippen LogP contribution in [0.1, 0.15) is 36.8 Å². The van der Waals surface area contributed by atoms with Crippen molar-refractivity contribution in [1.82, 2.24) is 5.32 Å². The zero-order valence-electron chi connectivity index (χ0n) is 12.9. The average molecular weight is 291 g/mol. The molecule has 0 saturated heterocycles. The molecular weight excluding hydrogens is 266 g/mol. The second-order valence-corrected chi connectivity index (χ2v) is 5.90. The molecule has 0 bridgehead atoms. The summed E-state index contributed by atoms with van der Waals surface area (Å²) in [6, 6.07) is 5.82. The summed E-state index contributed by atoms with van der Waals surface area (Å²) in [5.41, 5.74) is 2.01. The van der Waals surface area contributed by atoms with Gasteiger partial charge in [-0.1, -0.05) is 25.0 Å². The summed E-state index contributed by atoms with van der Waals surface area (Å²) < 4.78 is 5.27. The second-order valence-electron chi connectivity index (χ2n) is 5.90. The Morgan fingerprint density at radius 2 is 2.14 bits per heavy atom. The van der Waals surface area contributed by atoms with Gasteiger partial charge >= 0.3 is 0 Å². The van der Waals surface area contributed by atoms with Crippen molar-refractivity contribution >= 4 is 5.91 Å². The van der Waals surface area contributed by atoms with E-state index in [2.05, 4.69) is 5.32 Å². The molecular formula is C17H25NO3. The van der Waals surface area contributed by atoms with Crippen molar-refractivity contribution in [2.45, 2.75) is 45.1 Å². The average Bonchev–Trinajstić information content (AvgIpc) is 2.48. The largest absolute Gasteiger partial charge is 0.496 e. The van der Waals surface area contributed by atoms with Gasteiger partial charge in [0.25, 0.3) is 0 Å². The normalized spacial score (nSPS) is 21.9. The maximum absolute atomic E-state index is 12.0. The third kappa shape index (κ3) is 4.46. The molecule has 0 spiro atoms. The van der Waals surface area contributed by atoms with Gasteiger partial charge in [-0.05, 0) is 37.0 Å². The highest BCUT2D eigenvalue weighted by Crippen LogP contribution is 2.23. The molecule has 1 fully saturated rings. The van der Waals surface area contributed by atoms with E-state index in [4.69, 9.17) is 4.74 Å². The SMILES string of the molecule is COc1cc(CC(=O)NCC2CCCCC2O)ccc1C. The molecule has 0 radical (unpaired) electrons. The van der Waals surface area contributed by atoms with Crippen molar-refractivity contribution in [1.29, 1.82) is 0 Å². The molecule has 1 aliphatic rings. The zero-order valence-corrected chi connectivity index (χ0v) is 12.9. The highest BCUT2D eigenvalue weighted by molar-refractivity contribution is 5.78. The lowest BCUT2D eigenvalue weighted by Crippen LogP contribution is -2.37. The van der Waals surface area contributed by atoms with E-state index >= 15 is 0 Å². The lowest BCUT2D eigenvalue weighted by Gasteiger charge is -2.27. The fraction of sp³-hybridized carbons (Fsp3) is 0.588. The van der Waals surface area contributed by atoms with Crippen LogP contribution in [0.25, 0.3) is 0 Å². The van der Waals surface area contributed by atoms with Crippen molar-refractivity contribution in [3.8, 4) is 5.75 Å². The van der Waals surface area contributed by atoms with Gasteiger partial charge in [-0.2, -0.15) is 0 Å². The Labute approximate surface area is 126 Å². The predicted octanol–water partition coefficient (Wildman–Crippen LogP) is 2.21. The molecule has 2 unspecified atom stereocenters. The van der Waals surface area contributed by atoms with Crippen LogP contribution in [-0.4, -0.2) is 30.8 Å². The number of aliphatic hydroxyl groups is 1. The van der Waals surface area contributed by atoms with Crippen molar-refractivity contribution in [2.24, 2.45) is 5.92 Å². The third-order valence-electron chi connectivity index (χ3n) is 4.27. The van der Waals surface area contributed by atoms with Crippen molar-refractivity contribution in [3.63, 3.8) is 0 Å². The molecule has 4 nitrogen and oxygen atoms in total. The summed E-state index contributed by atoms with van der Waals surface area (Å²) in [4.78, 5) is 12.0. The minimum Gasteiger partial charge on any atom is -0.496 e. The first-order valence-electron chi connectivity index (χ1n) is 7.68. The summed E-state index contributed by atoms with van der Waals surface area (Å²) in [5, 5.41) is 12.8. The van der Waals surface area contributed by atoms with Crippen molar-refractivity contribution < 1.29 is 14.6 Å². The number of amides is 1. The van der Waals surface area contributed by atoms with Crippen LogP contribution in [0.2, 0.25) is 0 Å². The second kappa shape index (κ2) is 7.46. The number of aryl methyl sites for hydroxylation is 1. The summed E-state index contributed by atoms with van der Waals surface area (Å²) in [5.74, 6) is 1.01. The maximum Gasteiger partial charge on any atom is 0.224 e. The molecule has 2 rings (SSSR count). The van der Waals surface area contributed by atoms with Crippen LogP contribution in [0.3, 0.4) is 0 Å². The monoisotopic (exact) mass is 291 g/mol. The number of carbonyl (C=O) groups is 1. The topological polar surface area (TPSA) is 58.6 Å². The summed E-state index contributed by atoms with van der Waals surface area (Å²) >= 11 is 0. The molecule has 1 aromatic carbocycles. The van der Waals surface area contributed by atoms with E-state index in [0.717, 1.165) is 42.6 Å². The van der Waals surface area contributed by atoms with Gasteiger partial charge in [0, 0.05) is 12.5 Å². The van der Waals surface area contributed by atoms with Gasteiger partial charge in [0.05, 0.1) is 19.6 Å². The van der Waals surface area contributed by atoms with E-state index in [0.29, 0.717) is 13.0 Å². The van der Waals surface area contributed by atoms with Crippen LogP contribution in [-0.2, 0) is 11.2 Å². The van der Waals surface area contributed by atoms with Gasteiger partial charge in [-0.15, -0.1) is 0 Å². The Balaban J connectivity index is 1.84. The first-order chi connectivity index (χ1) is 10.1. The van der Waals surface area contributed by atoms with Crippen LogP contribution in [0.15, 0.2) is 18.2 Å². The number of aliphatic hydroxyl groups excluding tert-OH is 1. The summed E-state index contributed by atoms with van der Waals surface area (Å²) in [7, 11) is 1.64. The fourth-order valence-corrected chi connectivity index (χ4v) is 2.89. The molecule has 4 heteroatoms. The predicted molar refractivity (Wildman–Crippen MR) is 82.4 cm³/mol. The first-order valence-corrected chi connectivity index (χ1v) is 7.68. The molecule has 1 aromatic rings. The van der Waals surface area contributed by atoms with Crippen LogP contribution in [0, 0.1) is 12.8 Å². The Kier molecular flexibility index (Phi) is 5.62. The summed E-state index contributed by atoms with van der Waals surface area (Å²) in [6.07, 6.45) is 4.18. The molecule has 0 aliphatic heterocycles. The minimum absolute atomic E-state index is 0.00122. The maximum atomic E-state index is 12.0. The number of benzene rings is 1. The number of carbonyl (C=O) groups excluding carboxylic acids is 1. The number of ether oxygens (including phenoxy) is 1. The van der Waals surface area contributed by atoms with E-state index in [9.17, 15) is 9.90 Å². The van der Waals surface area contributed by atoms with Gasteiger partial charge < -0.3 is 15.2 Å². The van der Waals surface area contributed by atoms with Crippen LogP contribution < -0.4 is 10.1 Å². The molecule has 1 amide bonds. The minimum atomic E-state index is -0.265. The van der Waals surface area contributed by atoms with E-state index < -0.39 is 0 Å². The number of methoxy groups -OCH3 is 1. The van der Waals surface area contributed by atoms with Crippen LogP contribution in [0.5, 0.6) is 5.75 Å². The Hall–Kier alpha value is -1.55. The van der Waals surface area contributed by atoms with E-state index in [1.165, 1.54) is 0 Å². The number of hydrogen-bond donors (Lipinski definition) is 2. The van der Waals surface area contributed by atoms with Crippen molar-refractivity contribution in [2.75, 3.05) is 13.7 Å². The third-order valence-corrected chi connectivity index (χ3v) is 4.27. The number of rotatable bonds is 5. The quantitative estimate of drug-likeness (QED) is 0.874. The van der Waals surface area contributed by atoms with Crippen LogP contribution in [0.4, 0.5) is 0 Å². The molecule has 1 aliphatic carbocycles. The molecule has 116 valence electrons. The van der Waals surface area contributed by atoms with Gasteiger partial charge in [0.1, 0.15) is 5.75 Å². The number of nitrogens with one attached hydrogen (secondary N) is 1. The molecule has 1 saturated carbocycles. The standard InChI is InChI=1S/C17H25NO3/c1-12-7-8-13(9-16(12)21-2)10-17(20)18-11-14-5-3-4-6-15(14)19/h7-9,14-15,19H,3-6,10-11H2,1-2H3,(H,18,20). The highest BCUT2D eigenvalue weighted by atomic mass is 16.5. The summed E-state index contributed by atoms with van der Waals surface area (Å²) in [6.45, 7) is 2.55. The van der Waals surface area contributed by atoms with Crippen molar-refractivity contribution in [3.05, 3.63) is 29.3 Å². The first kappa shape index (κ1) is 15.8. The van der Waals surface area contributed by atoms with Crippen LogP contribution >= 0.6 is 0 Å². The molecule has 21 heavy (non-hydrogen) atoms. The lowest BCUT2D eigenvalue weighted by molar-refractivity contribution is -0.120. The lowest BCUT2D eigenvalue weighted by atomic mass is 9.86. The van der Waals surface area contributed by atoms with Gasteiger partial charge in [-0.25, -0.2) is 0 Å². The van der Waals surface area contributed by atoms with E-state index in [1.807, 2.05) is 25.1 Å². The molecule has 2 N–H and O–H groups in total.